The highest BCUT2D eigenvalue weighted by Gasteiger charge is 2.31. The molecule has 0 spiro atoms. The maximum absolute atomic E-state index is 12.9. The van der Waals surface area contributed by atoms with Crippen molar-refractivity contribution in [2.45, 2.75) is 62.7 Å². The summed E-state index contributed by atoms with van der Waals surface area (Å²) < 4.78 is 0. The van der Waals surface area contributed by atoms with E-state index in [2.05, 4.69) is 15.6 Å². The molecule has 0 aromatic heterocycles. The van der Waals surface area contributed by atoms with E-state index >= 15 is 0 Å². The summed E-state index contributed by atoms with van der Waals surface area (Å²) in [5.41, 5.74) is 21.8. The molecule has 35 heavy (non-hydrogen) atoms. The lowest BCUT2D eigenvalue weighted by molar-refractivity contribution is -0.144. The lowest BCUT2D eigenvalue weighted by Gasteiger charge is -2.24. The largest absolute Gasteiger partial charge is 0.481 e. The van der Waals surface area contributed by atoms with Crippen LogP contribution in [-0.2, 0) is 24.0 Å². The normalized spacial score (nSPS) is 14.0. The maximum atomic E-state index is 12.9. The number of nitrogens with two attached hydrogens (primary N) is 4. The van der Waals surface area contributed by atoms with Gasteiger partial charge in [-0.25, -0.2) is 4.79 Å². The Bertz CT molecular complexity index is 759. The predicted molar refractivity (Wildman–Crippen MR) is 124 cm³/mol. The van der Waals surface area contributed by atoms with Gasteiger partial charge in [0.25, 0.3) is 0 Å². The molecule has 0 unspecified atom stereocenters. The molecule has 0 saturated heterocycles. The minimum atomic E-state index is -1.71. The van der Waals surface area contributed by atoms with Gasteiger partial charge in [0, 0.05) is 6.54 Å². The number of unbranched alkanes of at least 4 members (excludes halogenated alkanes) is 1. The Morgan fingerprint density at radius 1 is 0.800 bits per heavy atom. The monoisotopic (exact) mass is 504 g/mol. The number of aliphatic hydroxyl groups is 1. The standard InChI is InChI=1S/C19H36N8O8/c20-6-2-1-4-10(21)15(31)25-11(5-3-7-24-19(22)23)16(32)26-12(8-14(29)30)17(33)27-13(9-28)18(34)35/h10-13,28H,1-9,20-21H2,(H,25,31)(H,26,32)(H,27,33)(H,29,30)(H,34,35)(H4,22,23,24)/t10-,11-,12-,13-/m0/s1. The number of nitrogens with zero attached hydrogens (tertiary/aromatic N) is 1. The Morgan fingerprint density at radius 3 is 1.89 bits per heavy atom. The lowest BCUT2D eigenvalue weighted by Crippen LogP contribution is -2.57. The molecule has 0 heterocycles. The summed E-state index contributed by atoms with van der Waals surface area (Å²) in [6.45, 7) is -0.406. The van der Waals surface area contributed by atoms with Gasteiger partial charge in [0.05, 0.1) is 19.1 Å². The third-order valence-corrected chi connectivity index (χ3v) is 4.69. The van der Waals surface area contributed by atoms with E-state index in [1.165, 1.54) is 0 Å². The summed E-state index contributed by atoms with van der Waals surface area (Å²) in [4.78, 5) is 63.7. The van der Waals surface area contributed by atoms with Crippen molar-refractivity contribution in [3.63, 3.8) is 0 Å². The molecule has 16 nitrogen and oxygen atoms in total. The molecule has 14 N–H and O–H groups in total. The van der Waals surface area contributed by atoms with Crippen LogP contribution in [0.4, 0.5) is 0 Å². The van der Waals surface area contributed by atoms with Gasteiger partial charge in [-0.1, -0.05) is 6.42 Å². The number of aliphatic imine (C=N–C) groups is 1. The first kappa shape index (κ1) is 31.5. The summed E-state index contributed by atoms with van der Waals surface area (Å²) in [5, 5.41) is 33.8. The van der Waals surface area contributed by atoms with Gasteiger partial charge in [-0.05, 0) is 32.2 Å². The fourth-order valence-corrected chi connectivity index (χ4v) is 2.80. The Balaban J connectivity index is 5.49. The quantitative estimate of drug-likeness (QED) is 0.0480. The fraction of sp³-hybridized carbons (Fsp3) is 0.684. The molecule has 0 rings (SSSR count). The average molecular weight is 505 g/mol. The van der Waals surface area contributed by atoms with Crippen LogP contribution in [0.1, 0.15) is 38.5 Å². The van der Waals surface area contributed by atoms with E-state index in [4.69, 9.17) is 38.3 Å². The van der Waals surface area contributed by atoms with Crippen molar-refractivity contribution < 1.29 is 39.3 Å². The lowest BCUT2D eigenvalue weighted by atomic mass is 10.1. The fourth-order valence-electron chi connectivity index (χ4n) is 2.80. The number of rotatable bonds is 18. The summed E-state index contributed by atoms with van der Waals surface area (Å²) in [6.07, 6.45) is 0.916. The smallest absolute Gasteiger partial charge is 0.328 e. The molecule has 0 bridgehead atoms. The first-order valence-electron chi connectivity index (χ1n) is 10.9. The Hall–Kier alpha value is -3.50. The zero-order valence-corrected chi connectivity index (χ0v) is 19.3. The van der Waals surface area contributed by atoms with Crippen molar-refractivity contribution in [2.75, 3.05) is 19.7 Å². The SMILES string of the molecule is NCCCC[C@H](N)C(=O)N[C@@H](CCCN=C(N)N)C(=O)N[C@@H](CC(=O)O)C(=O)N[C@@H](CO)C(=O)O. The number of carboxylic acid groups (broad SMARTS) is 2. The Labute approximate surface area is 201 Å². The van der Waals surface area contributed by atoms with Gasteiger partial charge >= 0.3 is 11.9 Å². The van der Waals surface area contributed by atoms with Gasteiger partial charge < -0.3 is 54.2 Å². The number of carbonyl (C=O) groups excluding carboxylic acids is 3. The number of carbonyl (C=O) groups is 5. The van der Waals surface area contributed by atoms with Gasteiger partial charge in [-0.3, -0.25) is 24.2 Å². The second kappa shape index (κ2) is 17.0. The Morgan fingerprint density at radius 2 is 1.37 bits per heavy atom. The van der Waals surface area contributed by atoms with Crippen LogP contribution in [0.25, 0.3) is 0 Å². The number of aliphatic carboxylic acids is 2. The molecule has 0 aliphatic heterocycles. The molecule has 200 valence electrons. The van der Waals surface area contributed by atoms with Crippen LogP contribution in [0, 0.1) is 0 Å². The first-order valence-corrected chi connectivity index (χ1v) is 10.9. The first-order chi connectivity index (χ1) is 16.4. The summed E-state index contributed by atoms with van der Waals surface area (Å²) in [7, 11) is 0. The van der Waals surface area contributed by atoms with E-state index in [0.29, 0.717) is 25.8 Å². The molecule has 4 atom stereocenters. The van der Waals surface area contributed by atoms with E-state index in [9.17, 15) is 24.0 Å². The second-order valence-corrected chi connectivity index (χ2v) is 7.64. The van der Waals surface area contributed by atoms with Gasteiger partial charge in [0.15, 0.2) is 5.96 Å². The van der Waals surface area contributed by atoms with Crippen LogP contribution in [0.2, 0.25) is 0 Å². The van der Waals surface area contributed by atoms with Gasteiger partial charge in [-0.2, -0.15) is 0 Å². The molecule has 0 aliphatic rings. The average Bonchev–Trinajstić information content (AvgIpc) is 2.77. The van der Waals surface area contributed by atoms with Crippen LogP contribution >= 0.6 is 0 Å². The molecular weight excluding hydrogens is 468 g/mol. The molecule has 16 heteroatoms. The summed E-state index contributed by atoms with van der Waals surface area (Å²) in [5.74, 6) is -5.89. The number of guanidine groups is 1. The zero-order valence-electron chi connectivity index (χ0n) is 19.3. The Kier molecular flexibility index (Phi) is 15.3. The zero-order chi connectivity index (χ0) is 27.0. The van der Waals surface area contributed by atoms with Crippen molar-refractivity contribution in [1.82, 2.24) is 16.0 Å². The highest BCUT2D eigenvalue weighted by molar-refractivity contribution is 5.95. The number of aliphatic hydroxyl groups excluding tert-OH is 1. The van der Waals surface area contributed by atoms with Crippen LogP contribution in [0.3, 0.4) is 0 Å². The number of amides is 3. The van der Waals surface area contributed by atoms with Gasteiger partial charge in [-0.15, -0.1) is 0 Å². The third kappa shape index (κ3) is 13.7. The highest BCUT2D eigenvalue weighted by atomic mass is 16.4. The van der Waals surface area contributed by atoms with Crippen LogP contribution in [0.5, 0.6) is 0 Å². The van der Waals surface area contributed by atoms with E-state index in [1.54, 1.807) is 0 Å². The highest BCUT2D eigenvalue weighted by Crippen LogP contribution is 2.05. The number of carboxylic acids is 2. The third-order valence-electron chi connectivity index (χ3n) is 4.69. The molecule has 0 radical (unpaired) electrons. The number of hydrogen-bond donors (Lipinski definition) is 10. The van der Waals surface area contributed by atoms with E-state index in [1.807, 2.05) is 5.32 Å². The van der Waals surface area contributed by atoms with Crippen molar-refractivity contribution in [3.8, 4) is 0 Å². The minimum absolute atomic E-state index is 0.0136. The van der Waals surface area contributed by atoms with Crippen molar-refractivity contribution in [1.29, 1.82) is 0 Å². The molecule has 3 amide bonds. The van der Waals surface area contributed by atoms with E-state index in [0.717, 1.165) is 0 Å². The van der Waals surface area contributed by atoms with Crippen molar-refractivity contribution >= 4 is 35.6 Å². The van der Waals surface area contributed by atoms with Crippen LogP contribution in [-0.4, -0.2) is 94.8 Å². The summed E-state index contributed by atoms with van der Waals surface area (Å²) >= 11 is 0. The van der Waals surface area contributed by atoms with Gasteiger partial charge in [0.2, 0.25) is 17.7 Å². The molecular formula is C19H36N8O8. The summed E-state index contributed by atoms with van der Waals surface area (Å²) in [6, 6.07) is -5.57. The molecule has 0 saturated carbocycles. The van der Waals surface area contributed by atoms with E-state index in [-0.39, 0.29) is 25.3 Å². The van der Waals surface area contributed by atoms with Crippen molar-refractivity contribution in [2.24, 2.45) is 27.9 Å². The number of hydrogen-bond acceptors (Lipinski definition) is 9. The molecule has 0 aromatic rings. The number of nitrogens with one attached hydrogen (secondary N) is 3. The molecule has 0 fully saturated rings. The van der Waals surface area contributed by atoms with Gasteiger partial charge in [0.1, 0.15) is 18.1 Å². The topological polar surface area (TPSA) is 299 Å². The van der Waals surface area contributed by atoms with Crippen molar-refractivity contribution in [3.05, 3.63) is 0 Å². The van der Waals surface area contributed by atoms with Crippen LogP contribution < -0.4 is 38.9 Å². The molecule has 0 aliphatic carbocycles. The maximum Gasteiger partial charge on any atom is 0.328 e. The predicted octanol–water partition coefficient (Wildman–Crippen LogP) is -4.50. The molecule has 0 aromatic carbocycles. The van der Waals surface area contributed by atoms with E-state index < -0.39 is 66.9 Å². The minimum Gasteiger partial charge on any atom is -0.481 e. The second-order valence-electron chi connectivity index (χ2n) is 7.64. The van der Waals surface area contributed by atoms with Crippen LogP contribution in [0.15, 0.2) is 4.99 Å².